The Morgan fingerprint density at radius 3 is 2.50 bits per heavy atom. The summed E-state index contributed by atoms with van der Waals surface area (Å²) in [5.41, 5.74) is -1.61. The van der Waals surface area contributed by atoms with Gasteiger partial charge in [0, 0.05) is 16.1 Å². The molecular weight excluding hydrogens is 254 g/mol. The molecule has 0 aliphatic carbocycles. The third kappa shape index (κ3) is 2.27. The van der Waals surface area contributed by atoms with Crippen molar-refractivity contribution in [3.8, 4) is 0 Å². The molecule has 100 valence electrons. The van der Waals surface area contributed by atoms with Gasteiger partial charge in [0.05, 0.1) is 6.61 Å². The highest BCUT2D eigenvalue weighted by atomic mass is 35.5. The fourth-order valence-electron chi connectivity index (χ4n) is 2.27. The average molecular weight is 272 g/mol. The summed E-state index contributed by atoms with van der Waals surface area (Å²) in [7, 11) is 0. The van der Waals surface area contributed by atoms with E-state index in [1.165, 1.54) is 6.92 Å². The van der Waals surface area contributed by atoms with Gasteiger partial charge in [-0.2, -0.15) is 0 Å². The monoisotopic (exact) mass is 271 g/mol. The van der Waals surface area contributed by atoms with Crippen LogP contribution in [0.4, 0.5) is 0 Å². The molecule has 1 aromatic rings. The van der Waals surface area contributed by atoms with Crippen LogP contribution in [-0.2, 0) is 10.5 Å². The normalized spacial score (nSPS) is 35.4. The quantitative estimate of drug-likeness (QED) is 0.726. The Morgan fingerprint density at radius 2 is 1.94 bits per heavy atom. The SMILES string of the molecule is CC1(C)CO[C@@](O)(c2cccc(Cl)c2)[C@@](C)(O)N1. The lowest BCUT2D eigenvalue weighted by molar-refractivity contribution is -0.349. The lowest BCUT2D eigenvalue weighted by Crippen LogP contribution is -2.71. The smallest absolute Gasteiger partial charge is 0.236 e. The maximum absolute atomic E-state index is 10.6. The molecule has 0 saturated carbocycles. The molecule has 2 rings (SSSR count). The Kier molecular flexibility index (Phi) is 3.20. The van der Waals surface area contributed by atoms with Crippen molar-refractivity contribution in [2.75, 3.05) is 6.61 Å². The third-order valence-electron chi connectivity index (χ3n) is 3.10. The molecule has 0 bridgehead atoms. The predicted molar refractivity (Wildman–Crippen MR) is 69.1 cm³/mol. The predicted octanol–water partition coefficient (Wildman–Crippen LogP) is 1.59. The van der Waals surface area contributed by atoms with Gasteiger partial charge in [0.15, 0.2) is 5.72 Å². The highest BCUT2D eigenvalue weighted by Gasteiger charge is 2.55. The summed E-state index contributed by atoms with van der Waals surface area (Å²) in [6.07, 6.45) is 0. The van der Waals surface area contributed by atoms with Crippen LogP contribution in [0.5, 0.6) is 0 Å². The van der Waals surface area contributed by atoms with Crippen LogP contribution in [0.25, 0.3) is 0 Å². The van der Waals surface area contributed by atoms with Crippen molar-refractivity contribution in [3.05, 3.63) is 34.9 Å². The van der Waals surface area contributed by atoms with E-state index in [1.807, 2.05) is 13.8 Å². The summed E-state index contributed by atoms with van der Waals surface area (Å²) < 4.78 is 5.52. The van der Waals surface area contributed by atoms with Crippen LogP contribution in [0.2, 0.25) is 5.02 Å². The molecule has 0 spiro atoms. The second kappa shape index (κ2) is 4.18. The molecule has 0 amide bonds. The van der Waals surface area contributed by atoms with E-state index < -0.39 is 17.1 Å². The Morgan fingerprint density at radius 1 is 1.28 bits per heavy atom. The first-order valence-corrected chi connectivity index (χ1v) is 6.18. The lowest BCUT2D eigenvalue weighted by Gasteiger charge is -2.51. The fraction of sp³-hybridized carbons (Fsp3) is 0.538. The van der Waals surface area contributed by atoms with Gasteiger partial charge in [-0.3, -0.25) is 5.32 Å². The standard InChI is InChI=1S/C13H18ClNO3/c1-11(2)8-18-13(17,12(3,16)15-11)9-5-4-6-10(14)7-9/h4-7,15-17H,8H2,1-3H3/t12-,13+/m1/s1. The zero-order chi connectivity index (χ0) is 13.6. The molecule has 1 aromatic carbocycles. The number of nitrogens with one attached hydrogen (secondary N) is 1. The minimum Gasteiger partial charge on any atom is -0.370 e. The number of aliphatic hydroxyl groups is 2. The van der Waals surface area contributed by atoms with Crippen LogP contribution in [0.15, 0.2) is 24.3 Å². The van der Waals surface area contributed by atoms with Crippen molar-refractivity contribution in [1.29, 1.82) is 0 Å². The van der Waals surface area contributed by atoms with Gasteiger partial charge in [-0.05, 0) is 32.9 Å². The van der Waals surface area contributed by atoms with Crippen molar-refractivity contribution in [3.63, 3.8) is 0 Å². The molecule has 1 heterocycles. The number of halogens is 1. The van der Waals surface area contributed by atoms with Gasteiger partial charge in [0.25, 0.3) is 0 Å². The molecule has 18 heavy (non-hydrogen) atoms. The molecule has 1 aliphatic heterocycles. The zero-order valence-electron chi connectivity index (χ0n) is 10.7. The molecular formula is C13H18ClNO3. The summed E-state index contributed by atoms with van der Waals surface area (Å²) in [5, 5.41) is 24.5. The van der Waals surface area contributed by atoms with E-state index >= 15 is 0 Å². The van der Waals surface area contributed by atoms with Crippen molar-refractivity contribution < 1.29 is 14.9 Å². The lowest BCUT2D eigenvalue weighted by atomic mass is 9.89. The maximum Gasteiger partial charge on any atom is 0.236 e. The Balaban J connectivity index is 2.42. The zero-order valence-corrected chi connectivity index (χ0v) is 11.5. The molecule has 0 radical (unpaired) electrons. The number of hydrogen-bond acceptors (Lipinski definition) is 4. The maximum atomic E-state index is 10.6. The number of hydrogen-bond donors (Lipinski definition) is 3. The summed E-state index contributed by atoms with van der Waals surface area (Å²) >= 11 is 5.91. The van der Waals surface area contributed by atoms with Crippen molar-refractivity contribution >= 4 is 11.6 Å². The minimum atomic E-state index is -1.83. The van der Waals surface area contributed by atoms with Gasteiger partial charge in [-0.15, -0.1) is 0 Å². The number of ether oxygens (including phenoxy) is 1. The van der Waals surface area contributed by atoms with Gasteiger partial charge in [-0.1, -0.05) is 23.7 Å². The van der Waals surface area contributed by atoms with Gasteiger partial charge >= 0.3 is 0 Å². The average Bonchev–Trinajstić information content (AvgIpc) is 2.23. The Labute approximate surface area is 112 Å². The summed E-state index contributed by atoms with van der Waals surface area (Å²) in [5.74, 6) is -1.83. The van der Waals surface area contributed by atoms with Crippen LogP contribution in [-0.4, -0.2) is 28.1 Å². The van der Waals surface area contributed by atoms with E-state index in [2.05, 4.69) is 5.32 Å². The van der Waals surface area contributed by atoms with Gasteiger partial charge in [0.2, 0.25) is 5.79 Å². The molecule has 0 unspecified atom stereocenters. The van der Waals surface area contributed by atoms with Crippen LogP contribution < -0.4 is 5.32 Å². The highest BCUT2D eigenvalue weighted by molar-refractivity contribution is 6.30. The van der Waals surface area contributed by atoms with Crippen molar-refractivity contribution in [2.24, 2.45) is 0 Å². The topological polar surface area (TPSA) is 61.7 Å². The summed E-state index contributed by atoms with van der Waals surface area (Å²) in [6.45, 7) is 5.53. The van der Waals surface area contributed by atoms with E-state index in [9.17, 15) is 10.2 Å². The van der Waals surface area contributed by atoms with Crippen LogP contribution in [0, 0.1) is 0 Å². The number of morpholine rings is 1. The van der Waals surface area contributed by atoms with Crippen molar-refractivity contribution in [1.82, 2.24) is 5.32 Å². The van der Waals surface area contributed by atoms with Crippen LogP contribution >= 0.6 is 11.6 Å². The minimum absolute atomic E-state index is 0.270. The molecule has 3 N–H and O–H groups in total. The van der Waals surface area contributed by atoms with Gasteiger partial charge in [-0.25, -0.2) is 0 Å². The van der Waals surface area contributed by atoms with E-state index in [0.29, 0.717) is 10.6 Å². The van der Waals surface area contributed by atoms with Crippen molar-refractivity contribution in [2.45, 2.75) is 37.8 Å². The summed E-state index contributed by atoms with van der Waals surface area (Å²) in [6, 6.07) is 6.65. The summed E-state index contributed by atoms with van der Waals surface area (Å²) in [4.78, 5) is 0. The first kappa shape index (κ1) is 13.8. The molecule has 4 nitrogen and oxygen atoms in total. The van der Waals surface area contributed by atoms with Gasteiger partial charge in [0.1, 0.15) is 0 Å². The third-order valence-corrected chi connectivity index (χ3v) is 3.33. The molecule has 2 atom stereocenters. The van der Waals surface area contributed by atoms with E-state index in [4.69, 9.17) is 16.3 Å². The van der Waals surface area contributed by atoms with Crippen LogP contribution in [0.3, 0.4) is 0 Å². The Hall–Kier alpha value is -0.650. The largest absolute Gasteiger partial charge is 0.370 e. The second-order valence-electron chi connectivity index (χ2n) is 5.52. The Bertz CT molecular complexity index is 461. The first-order chi connectivity index (χ1) is 8.16. The first-order valence-electron chi connectivity index (χ1n) is 5.80. The molecule has 1 aliphatic rings. The molecule has 5 heteroatoms. The molecule has 0 aromatic heterocycles. The number of benzene rings is 1. The van der Waals surface area contributed by atoms with Crippen LogP contribution in [0.1, 0.15) is 26.3 Å². The number of rotatable bonds is 1. The van der Waals surface area contributed by atoms with E-state index in [0.717, 1.165) is 0 Å². The molecule has 1 fully saturated rings. The highest BCUT2D eigenvalue weighted by Crippen LogP contribution is 2.38. The van der Waals surface area contributed by atoms with E-state index in [1.54, 1.807) is 24.3 Å². The molecule has 1 saturated heterocycles. The fourth-order valence-corrected chi connectivity index (χ4v) is 2.46. The van der Waals surface area contributed by atoms with Gasteiger partial charge < -0.3 is 14.9 Å². The van der Waals surface area contributed by atoms with E-state index in [-0.39, 0.29) is 6.61 Å². The second-order valence-corrected chi connectivity index (χ2v) is 5.96.